The Hall–Kier alpha value is -3.70. The van der Waals surface area contributed by atoms with Crippen molar-refractivity contribution in [2.75, 3.05) is 25.6 Å². The number of pyridine rings is 1. The van der Waals surface area contributed by atoms with Gasteiger partial charge in [-0.15, -0.1) is 0 Å². The van der Waals surface area contributed by atoms with Gasteiger partial charge >= 0.3 is 6.09 Å². The summed E-state index contributed by atoms with van der Waals surface area (Å²) in [7, 11) is 3.24. The molecule has 1 aromatic rings. The second-order valence-electron chi connectivity index (χ2n) is 7.84. The molecule has 0 saturated carbocycles. The largest absolute Gasteiger partial charge is 0.447 e. The Bertz CT molecular complexity index is 1000. The van der Waals surface area contributed by atoms with Crippen LogP contribution in [0.5, 0.6) is 0 Å². The number of carbonyl (C=O) groups is 1. The van der Waals surface area contributed by atoms with E-state index in [1.54, 1.807) is 57.4 Å². The summed E-state index contributed by atoms with van der Waals surface area (Å²) in [6.45, 7) is 11.0. The normalized spacial score (nSPS) is 16.5. The first-order valence-corrected chi connectivity index (χ1v) is 11.6. The van der Waals surface area contributed by atoms with Gasteiger partial charge in [0.1, 0.15) is 29.3 Å². The number of hydrazine groups is 1. The molecule has 1 aliphatic heterocycles. The minimum atomic E-state index is -0.608. The van der Waals surface area contributed by atoms with Crippen LogP contribution < -0.4 is 32.5 Å². The average molecular weight is 503 g/mol. The molecule has 0 aliphatic carbocycles. The van der Waals surface area contributed by atoms with Crippen molar-refractivity contribution in [2.45, 2.75) is 45.9 Å². The number of rotatable bonds is 10. The number of anilines is 1. The van der Waals surface area contributed by atoms with Crippen LogP contribution in [-0.2, 0) is 4.74 Å². The average Bonchev–Trinajstić information content (AvgIpc) is 2.87. The number of hydrogen-bond donors (Lipinski definition) is 5. The quantitative estimate of drug-likeness (QED) is 0.243. The molecule has 36 heavy (non-hydrogen) atoms. The molecule has 2 rings (SSSR count). The topological polar surface area (TPSA) is 143 Å². The number of nitrogens with zero attached hydrogens (tertiary/aromatic N) is 3. The van der Waals surface area contributed by atoms with E-state index in [1.165, 1.54) is 13.1 Å². The van der Waals surface area contributed by atoms with Crippen molar-refractivity contribution in [2.24, 2.45) is 16.5 Å². The van der Waals surface area contributed by atoms with Gasteiger partial charge in [-0.1, -0.05) is 37.8 Å². The van der Waals surface area contributed by atoms with Gasteiger partial charge in [0, 0.05) is 36.5 Å². The summed E-state index contributed by atoms with van der Waals surface area (Å²) in [5.41, 5.74) is 15.3. The van der Waals surface area contributed by atoms with E-state index < -0.39 is 12.3 Å². The molecule has 0 radical (unpaired) electrons. The fraction of sp³-hybridized carbons (Fsp3) is 0.400. The molecule has 0 fully saturated rings. The summed E-state index contributed by atoms with van der Waals surface area (Å²) < 4.78 is 19.5. The van der Waals surface area contributed by atoms with Gasteiger partial charge in [0.15, 0.2) is 0 Å². The standard InChI is InChI=1S/C24H34FN7O2.CH5N/c1-7-10-17(19(25)8-2)14-32(27-6)23-18(11-9-12-28-23)16(5)22-29-13-20(21(26)31-22)30-24(33)34-15(3)4;1-2/h7-13,15-16,22,27,29H,1,14H2,2-6H3,(H2,26,31)(H,30,33);2H2,1H3/b17-10-,19-8+;. The van der Waals surface area contributed by atoms with Gasteiger partial charge in [-0.25, -0.2) is 24.6 Å². The van der Waals surface area contributed by atoms with E-state index in [4.69, 9.17) is 10.5 Å². The van der Waals surface area contributed by atoms with Crippen LogP contribution in [-0.4, -0.2) is 49.8 Å². The first-order valence-electron chi connectivity index (χ1n) is 11.6. The molecule has 0 spiro atoms. The summed E-state index contributed by atoms with van der Waals surface area (Å²) in [4.78, 5) is 20.9. The Morgan fingerprint density at radius 3 is 2.64 bits per heavy atom. The fourth-order valence-corrected chi connectivity index (χ4v) is 3.34. The van der Waals surface area contributed by atoms with Gasteiger partial charge in [-0.2, -0.15) is 0 Å². The van der Waals surface area contributed by atoms with Crippen molar-refractivity contribution >= 4 is 17.7 Å². The molecule has 2 atom stereocenters. The number of nitrogens with one attached hydrogen (secondary N) is 3. The van der Waals surface area contributed by atoms with Crippen LogP contribution in [0.4, 0.5) is 15.0 Å². The van der Waals surface area contributed by atoms with Crippen LogP contribution in [0, 0.1) is 0 Å². The highest BCUT2D eigenvalue weighted by atomic mass is 19.1. The molecule has 0 bridgehead atoms. The Balaban J connectivity index is 0.00000316. The van der Waals surface area contributed by atoms with Gasteiger partial charge < -0.3 is 21.5 Å². The second-order valence-corrected chi connectivity index (χ2v) is 7.84. The molecule has 0 saturated heterocycles. The van der Waals surface area contributed by atoms with Crippen LogP contribution in [0.25, 0.3) is 0 Å². The lowest BCUT2D eigenvalue weighted by Crippen LogP contribution is -2.43. The zero-order valence-corrected chi connectivity index (χ0v) is 21.9. The number of carbonyl (C=O) groups excluding carboxylic acids is 1. The molecule has 0 aromatic carbocycles. The fourth-order valence-electron chi connectivity index (χ4n) is 3.34. The summed E-state index contributed by atoms with van der Waals surface area (Å²) in [5, 5.41) is 7.51. The second kappa shape index (κ2) is 15.3. The van der Waals surface area contributed by atoms with E-state index in [0.29, 0.717) is 17.1 Å². The Kier molecular flexibility index (Phi) is 12.9. The van der Waals surface area contributed by atoms with Crippen LogP contribution >= 0.6 is 0 Å². The minimum Gasteiger partial charge on any atom is -0.447 e. The third kappa shape index (κ3) is 8.51. The van der Waals surface area contributed by atoms with Crippen LogP contribution in [0.2, 0.25) is 0 Å². The maximum Gasteiger partial charge on any atom is 0.412 e. The van der Waals surface area contributed by atoms with Crippen LogP contribution in [0.1, 0.15) is 39.2 Å². The zero-order chi connectivity index (χ0) is 27.3. The number of amidine groups is 1. The third-order valence-electron chi connectivity index (χ3n) is 5.05. The zero-order valence-electron chi connectivity index (χ0n) is 21.9. The Morgan fingerprint density at radius 1 is 1.39 bits per heavy atom. The number of allylic oxidation sites excluding steroid dienone is 3. The minimum absolute atomic E-state index is 0.170. The van der Waals surface area contributed by atoms with E-state index in [2.05, 4.69) is 38.3 Å². The highest BCUT2D eigenvalue weighted by molar-refractivity contribution is 5.99. The SMILES string of the molecule is C=C/C=C(CN(NC)c1ncccc1C(C)C1N=C(N)C(NC(=O)OC(C)C)=CN1)\C(F)=C/C.CN. The number of aliphatic imine (C=N–C) groups is 1. The molecule has 1 amide bonds. The Labute approximate surface area is 213 Å². The van der Waals surface area contributed by atoms with Crippen molar-refractivity contribution in [3.63, 3.8) is 0 Å². The number of nitrogens with two attached hydrogens (primary N) is 2. The highest BCUT2D eigenvalue weighted by Crippen LogP contribution is 2.29. The molecule has 1 aromatic heterocycles. The van der Waals surface area contributed by atoms with E-state index in [-0.39, 0.29) is 30.2 Å². The molecule has 1 aliphatic rings. The van der Waals surface area contributed by atoms with Gasteiger partial charge in [-0.05, 0) is 33.9 Å². The number of alkyl carbamates (subject to hydrolysis) is 1. The third-order valence-corrected chi connectivity index (χ3v) is 5.05. The lowest BCUT2D eigenvalue weighted by Gasteiger charge is -2.30. The summed E-state index contributed by atoms with van der Waals surface area (Å²) in [6.07, 6.45) is 6.58. The smallest absolute Gasteiger partial charge is 0.412 e. The van der Waals surface area contributed by atoms with E-state index in [1.807, 2.05) is 19.1 Å². The van der Waals surface area contributed by atoms with E-state index in [0.717, 1.165) is 5.56 Å². The maximum absolute atomic E-state index is 14.4. The molecule has 198 valence electrons. The van der Waals surface area contributed by atoms with Crippen LogP contribution in [0.15, 0.2) is 71.4 Å². The number of ether oxygens (including phenoxy) is 1. The molecule has 2 unspecified atom stereocenters. The monoisotopic (exact) mass is 502 g/mol. The first-order chi connectivity index (χ1) is 17.2. The number of amides is 1. The van der Waals surface area contributed by atoms with E-state index in [9.17, 15) is 9.18 Å². The van der Waals surface area contributed by atoms with E-state index >= 15 is 0 Å². The van der Waals surface area contributed by atoms with Crippen molar-refractivity contribution < 1.29 is 13.9 Å². The van der Waals surface area contributed by atoms with Crippen LogP contribution in [0.3, 0.4) is 0 Å². The predicted octanol–water partition coefficient (Wildman–Crippen LogP) is 2.95. The van der Waals surface area contributed by atoms with Crippen molar-refractivity contribution in [3.8, 4) is 0 Å². The summed E-state index contributed by atoms with van der Waals surface area (Å²) in [6, 6.07) is 3.77. The molecular formula is C25H39FN8O2. The number of hydrogen-bond acceptors (Lipinski definition) is 9. The predicted molar refractivity (Wildman–Crippen MR) is 144 cm³/mol. The number of halogens is 1. The van der Waals surface area contributed by atoms with Gasteiger partial charge in [-0.3, -0.25) is 10.3 Å². The van der Waals surface area contributed by atoms with Gasteiger partial charge in [0.05, 0.1) is 12.6 Å². The Morgan fingerprint density at radius 2 is 2.08 bits per heavy atom. The lowest BCUT2D eigenvalue weighted by atomic mass is 9.97. The number of aromatic nitrogens is 1. The summed E-state index contributed by atoms with van der Waals surface area (Å²) in [5.74, 6) is 0.300. The molecule has 7 N–H and O–H groups in total. The maximum atomic E-state index is 14.4. The summed E-state index contributed by atoms with van der Waals surface area (Å²) >= 11 is 0. The van der Waals surface area contributed by atoms with Gasteiger partial charge in [0.2, 0.25) is 0 Å². The van der Waals surface area contributed by atoms with Crippen molar-refractivity contribution in [1.29, 1.82) is 0 Å². The lowest BCUT2D eigenvalue weighted by molar-refractivity contribution is 0.118. The van der Waals surface area contributed by atoms with Crippen molar-refractivity contribution in [3.05, 3.63) is 72.0 Å². The van der Waals surface area contributed by atoms with Crippen molar-refractivity contribution in [1.82, 2.24) is 21.0 Å². The molecular weight excluding hydrogens is 463 g/mol. The first kappa shape index (κ1) is 30.3. The molecule has 2 heterocycles. The molecule has 10 nitrogen and oxygen atoms in total. The molecule has 11 heteroatoms. The van der Waals surface area contributed by atoms with Gasteiger partial charge in [0.25, 0.3) is 0 Å². The highest BCUT2D eigenvalue weighted by Gasteiger charge is 2.27.